The van der Waals surface area contributed by atoms with Gasteiger partial charge in [0.2, 0.25) is 5.91 Å². The molecule has 33 heavy (non-hydrogen) atoms. The van der Waals surface area contributed by atoms with Crippen molar-refractivity contribution < 1.29 is 29.3 Å². The molecule has 3 N–H and O–H groups in total. The van der Waals surface area contributed by atoms with Crippen LogP contribution in [0, 0.1) is 0 Å². The van der Waals surface area contributed by atoms with Crippen LogP contribution in [0.5, 0.6) is 5.75 Å². The quantitative estimate of drug-likeness (QED) is 0.354. The van der Waals surface area contributed by atoms with Gasteiger partial charge in [0, 0.05) is 17.6 Å². The number of rotatable bonds is 8. The van der Waals surface area contributed by atoms with Gasteiger partial charge in [0.15, 0.2) is 0 Å². The number of amides is 1. The molecule has 0 radical (unpaired) electrons. The number of benzene rings is 3. The number of ether oxygens (including phenoxy) is 1. The Morgan fingerprint density at radius 3 is 2.24 bits per heavy atom. The molecule has 1 amide bonds. The number of carboxylic acids is 2. The minimum absolute atomic E-state index is 0.0280. The van der Waals surface area contributed by atoms with Gasteiger partial charge in [0.1, 0.15) is 12.4 Å². The summed E-state index contributed by atoms with van der Waals surface area (Å²) in [6, 6.07) is 21.9. The van der Waals surface area contributed by atoms with Crippen molar-refractivity contribution in [2.24, 2.45) is 0 Å². The zero-order valence-electron chi connectivity index (χ0n) is 18.2. The fraction of sp³-hybridized carbons (Fsp3) is 0.160. The van der Waals surface area contributed by atoms with Crippen LogP contribution in [0.1, 0.15) is 5.56 Å². The second-order valence-electron chi connectivity index (χ2n) is 7.10. The van der Waals surface area contributed by atoms with E-state index in [-0.39, 0.29) is 5.91 Å². The first-order chi connectivity index (χ1) is 15.8. The van der Waals surface area contributed by atoms with Crippen molar-refractivity contribution >= 4 is 34.3 Å². The Morgan fingerprint density at radius 2 is 1.61 bits per heavy atom. The normalized spacial score (nSPS) is 10.1. The lowest BCUT2D eigenvalue weighted by atomic mass is 10.1. The van der Waals surface area contributed by atoms with E-state index in [4.69, 9.17) is 24.5 Å². The molecular weight excluding hydrogens is 424 g/mol. The first kappa shape index (κ1) is 25.1. The molecular formula is C25H26N2O6. The Labute approximate surface area is 191 Å². The number of aliphatic carboxylic acids is 2. The fourth-order valence-electron chi connectivity index (χ4n) is 2.98. The van der Waals surface area contributed by atoms with Gasteiger partial charge in [-0.1, -0.05) is 61.2 Å². The number of carboxylic acid groups (broad SMARTS) is 2. The molecule has 0 aromatic heterocycles. The highest BCUT2D eigenvalue weighted by atomic mass is 16.5. The van der Waals surface area contributed by atoms with Crippen LogP contribution in [-0.2, 0) is 20.9 Å². The molecule has 3 aromatic carbocycles. The fourth-order valence-corrected chi connectivity index (χ4v) is 2.98. The predicted octanol–water partition coefficient (Wildman–Crippen LogP) is 3.63. The Morgan fingerprint density at radius 1 is 0.970 bits per heavy atom. The maximum atomic E-state index is 12.4. The number of anilines is 1. The predicted molar refractivity (Wildman–Crippen MR) is 126 cm³/mol. The van der Waals surface area contributed by atoms with Gasteiger partial charge >= 0.3 is 11.9 Å². The van der Waals surface area contributed by atoms with Crippen molar-refractivity contribution in [1.29, 1.82) is 0 Å². The molecule has 8 nitrogen and oxygen atoms in total. The van der Waals surface area contributed by atoms with Gasteiger partial charge in [-0.25, -0.2) is 9.59 Å². The number of hydrogen-bond donors (Lipinski definition) is 3. The second kappa shape index (κ2) is 12.6. The molecule has 0 unspecified atom stereocenters. The summed E-state index contributed by atoms with van der Waals surface area (Å²) in [4.78, 5) is 32.6. The monoisotopic (exact) mass is 450 g/mol. The first-order valence-electron chi connectivity index (χ1n) is 10.0. The minimum atomic E-state index is -1.82. The Kier molecular flexibility index (Phi) is 9.60. The standard InChI is InChI=1S/C23H24N2O2.C2H2O4/c1-3-15-27-20-13-11-18(12-14-20)16-25(2)17-23(26)24-22-10-6-8-19-7-4-5-9-21(19)22;3-1(4)2(5)6/h3-14H,1,15-17H2,2H3,(H,24,26);(H,3,4)(H,5,6). The van der Waals surface area contributed by atoms with Crippen molar-refractivity contribution in [2.45, 2.75) is 6.54 Å². The second-order valence-corrected chi connectivity index (χ2v) is 7.10. The lowest BCUT2D eigenvalue weighted by Gasteiger charge is -2.17. The molecule has 3 aromatic rings. The molecule has 0 fully saturated rings. The van der Waals surface area contributed by atoms with E-state index < -0.39 is 11.9 Å². The summed E-state index contributed by atoms with van der Waals surface area (Å²) in [5, 5.41) is 20.0. The van der Waals surface area contributed by atoms with Crippen LogP contribution in [0.3, 0.4) is 0 Å². The highest BCUT2D eigenvalue weighted by Crippen LogP contribution is 2.23. The molecule has 0 aliphatic heterocycles. The number of fused-ring (bicyclic) bond motifs is 1. The molecule has 8 heteroatoms. The number of carbonyl (C=O) groups is 3. The molecule has 0 aliphatic rings. The molecule has 0 saturated carbocycles. The van der Waals surface area contributed by atoms with Gasteiger partial charge in [-0.3, -0.25) is 9.69 Å². The van der Waals surface area contributed by atoms with Gasteiger partial charge in [0.25, 0.3) is 0 Å². The molecule has 0 aliphatic carbocycles. The summed E-state index contributed by atoms with van der Waals surface area (Å²) >= 11 is 0. The minimum Gasteiger partial charge on any atom is -0.490 e. The molecule has 3 rings (SSSR count). The van der Waals surface area contributed by atoms with Gasteiger partial charge in [-0.05, 0) is 36.2 Å². The average molecular weight is 450 g/mol. The van der Waals surface area contributed by atoms with Gasteiger partial charge in [0.05, 0.1) is 6.54 Å². The van der Waals surface area contributed by atoms with E-state index in [9.17, 15) is 4.79 Å². The average Bonchev–Trinajstić information content (AvgIpc) is 2.79. The van der Waals surface area contributed by atoms with Gasteiger partial charge in [-0.2, -0.15) is 0 Å². The maximum Gasteiger partial charge on any atom is 0.414 e. The zero-order valence-corrected chi connectivity index (χ0v) is 18.2. The van der Waals surface area contributed by atoms with Crippen molar-refractivity contribution in [1.82, 2.24) is 4.90 Å². The van der Waals surface area contributed by atoms with E-state index in [2.05, 4.69) is 11.9 Å². The van der Waals surface area contributed by atoms with Crippen LogP contribution >= 0.6 is 0 Å². The SMILES string of the molecule is C=CCOc1ccc(CN(C)CC(=O)Nc2cccc3ccccc23)cc1.O=C(O)C(=O)O. The Bertz CT molecular complexity index is 1090. The summed E-state index contributed by atoms with van der Waals surface area (Å²) in [6.45, 7) is 5.13. The third-order valence-corrected chi connectivity index (χ3v) is 4.40. The zero-order chi connectivity index (χ0) is 24.2. The Hall–Kier alpha value is -4.17. The largest absolute Gasteiger partial charge is 0.490 e. The third-order valence-electron chi connectivity index (χ3n) is 4.40. The van der Waals surface area contributed by atoms with Gasteiger partial charge in [-0.15, -0.1) is 0 Å². The van der Waals surface area contributed by atoms with Crippen LogP contribution in [0.15, 0.2) is 79.4 Å². The Balaban J connectivity index is 0.000000569. The van der Waals surface area contributed by atoms with Crippen LogP contribution in [0.25, 0.3) is 10.8 Å². The topological polar surface area (TPSA) is 116 Å². The number of nitrogens with zero attached hydrogens (tertiary/aromatic N) is 1. The van der Waals surface area contributed by atoms with E-state index in [1.807, 2.05) is 78.7 Å². The van der Waals surface area contributed by atoms with Crippen molar-refractivity contribution in [2.75, 3.05) is 25.5 Å². The smallest absolute Gasteiger partial charge is 0.414 e. The van der Waals surface area contributed by atoms with Gasteiger partial charge < -0.3 is 20.3 Å². The van der Waals surface area contributed by atoms with E-state index in [0.717, 1.165) is 27.8 Å². The lowest BCUT2D eigenvalue weighted by Crippen LogP contribution is -2.29. The molecule has 0 atom stereocenters. The van der Waals surface area contributed by atoms with E-state index >= 15 is 0 Å². The van der Waals surface area contributed by atoms with E-state index in [1.165, 1.54) is 0 Å². The van der Waals surface area contributed by atoms with E-state index in [1.54, 1.807) is 6.08 Å². The summed E-state index contributed by atoms with van der Waals surface area (Å²) in [5.41, 5.74) is 1.97. The van der Waals surface area contributed by atoms with Crippen molar-refractivity contribution in [3.05, 3.63) is 84.9 Å². The molecule has 0 heterocycles. The number of nitrogens with one attached hydrogen (secondary N) is 1. The van der Waals surface area contributed by atoms with Crippen LogP contribution < -0.4 is 10.1 Å². The van der Waals surface area contributed by atoms with Crippen LogP contribution in [0.4, 0.5) is 5.69 Å². The van der Waals surface area contributed by atoms with Crippen LogP contribution in [0.2, 0.25) is 0 Å². The maximum absolute atomic E-state index is 12.4. The van der Waals surface area contributed by atoms with E-state index in [0.29, 0.717) is 19.7 Å². The molecule has 0 bridgehead atoms. The van der Waals surface area contributed by atoms with Crippen molar-refractivity contribution in [3.8, 4) is 5.75 Å². The summed E-state index contributed by atoms with van der Waals surface area (Å²) < 4.78 is 5.49. The molecule has 0 spiro atoms. The molecule has 0 saturated heterocycles. The summed E-state index contributed by atoms with van der Waals surface area (Å²) in [6.07, 6.45) is 1.72. The van der Waals surface area contributed by atoms with Crippen molar-refractivity contribution in [3.63, 3.8) is 0 Å². The number of carbonyl (C=O) groups excluding carboxylic acids is 1. The van der Waals surface area contributed by atoms with Crippen LogP contribution in [-0.4, -0.2) is 53.2 Å². The highest BCUT2D eigenvalue weighted by molar-refractivity contribution is 6.27. The first-order valence-corrected chi connectivity index (χ1v) is 10.0. The third kappa shape index (κ3) is 8.47. The number of hydrogen-bond acceptors (Lipinski definition) is 5. The summed E-state index contributed by atoms with van der Waals surface area (Å²) in [7, 11) is 1.94. The number of likely N-dealkylation sites (N-methyl/N-ethyl adjacent to an activating group) is 1. The lowest BCUT2D eigenvalue weighted by molar-refractivity contribution is -0.159. The molecule has 172 valence electrons. The highest BCUT2D eigenvalue weighted by Gasteiger charge is 2.09. The summed E-state index contributed by atoms with van der Waals surface area (Å²) in [5.74, 6) is -2.86.